The van der Waals surface area contributed by atoms with Gasteiger partial charge in [-0.15, -0.1) is 0 Å². The van der Waals surface area contributed by atoms with E-state index in [9.17, 15) is 0 Å². The molecule has 0 aromatic rings. The molecule has 0 heterocycles. The van der Waals surface area contributed by atoms with Gasteiger partial charge in [0, 0.05) is 25.2 Å². The zero-order valence-electron chi connectivity index (χ0n) is 15.6. The van der Waals surface area contributed by atoms with Gasteiger partial charge < -0.3 is 10.2 Å². The van der Waals surface area contributed by atoms with Crippen molar-refractivity contribution in [3.63, 3.8) is 0 Å². The summed E-state index contributed by atoms with van der Waals surface area (Å²) < 4.78 is 0. The highest BCUT2D eigenvalue weighted by Crippen LogP contribution is 2.29. The maximum absolute atomic E-state index is 3.75. The van der Waals surface area contributed by atoms with Crippen LogP contribution >= 0.6 is 0 Å². The smallest absolute Gasteiger partial charge is 0.00967 e. The standard InChI is InChI=1S/C19H40N2/c1-7-19(8-2,15-20-18(3,4)5)16-21(6)14-17-12-10-9-11-13-17/h17,20H,7-16H2,1-6H3. The molecule has 0 unspecified atom stereocenters. The zero-order chi connectivity index (χ0) is 15.9. The van der Waals surface area contributed by atoms with E-state index in [1.165, 1.54) is 58.0 Å². The van der Waals surface area contributed by atoms with E-state index < -0.39 is 0 Å². The molecule has 0 spiro atoms. The minimum atomic E-state index is 0.220. The Bertz CT molecular complexity index is 270. The van der Waals surface area contributed by atoms with Crippen LogP contribution in [0.15, 0.2) is 0 Å². The average Bonchev–Trinajstić information content (AvgIpc) is 2.44. The maximum atomic E-state index is 3.75. The van der Waals surface area contributed by atoms with E-state index in [-0.39, 0.29) is 5.54 Å². The molecule has 0 radical (unpaired) electrons. The first kappa shape index (κ1) is 19.0. The van der Waals surface area contributed by atoms with E-state index in [0.717, 1.165) is 12.5 Å². The Morgan fingerprint density at radius 1 is 1.00 bits per heavy atom. The number of hydrogen-bond donors (Lipinski definition) is 1. The zero-order valence-corrected chi connectivity index (χ0v) is 15.6. The quantitative estimate of drug-likeness (QED) is 0.699. The van der Waals surface area contributed by atoms with Gasteiger partial charge in [-0.05, 0) is 64.8 Å². The molecule has 2 heteroatoms. The van der Waals surface area contributed by atoms with Crippen LogP contribution in [-0.2, 0) is 0 Å². The molecule has 126 valence electrons. The third kappa shape index (κ3) is 7.15. The van der Waals surface area contributed by atoms with E-state index >= 15 is 0 Å². The summed E-state index contributed by atoms with van der Waals surface area (Å²) in [5.74, 6) is 0.950. The van der Waals surface area contributed by atoms with Crippen molar-refractivity contribution in [2.75, 3.05) is 26.7 Å². The summed E-state index contributed by atoms with van der Waals surface area (Å²) >= 11 is 0. The summed E-state index contributed by atoms with van der Waals surface area (Å²) in [4.78, 5) is 2.62. The third-order valence-electron chi connectivity index (χ3n) is 5.39. The summed E-state index contributed by atoms with van der Waals surface area (Å²) in [7, 11) is 2.34. The van der Waals surface area contributed by atoms with E-state index in [0.29, 0.717) is 5.41 Å². The first-order chi connectivity index (χ1) is 9.80. The molecule has 1 aliphatic carbocycles. The highest BCUT2D eigenvalue weighted by molar-refractivity contribution is 4.86. The van der Waals surface area contributed by atoms with Crippen LogP contribution in [0.4, 0.5) is 0 Å². The van der Waals surface area contributed by atoms with Gasteiger partial charge in [0.15, 0.2) is 0 Å². The molecule has 0 aromatic carbocycles. The Balaban J connectivity index is 2.50. The summed E-state index contributed by atoms with van der Waals surface area (Å²) in [6, 6.07) is 0. The Hall–Kier alpha value is -0.0800. The van der Waals surface area contributed by atoms with Crippen molar-refractivity contribution in [3.8, 4) is 0 Å². The molecule has 0 aromatic heterocycles. The molecular weight excluding hydrogens is 256 g/mol. The van der Waals surface area contributed by atoms with Gasteiger partial charge in [0.05, 0.1) is 0 Å². The molecule has 1 fully saturated rings. The highest BCUT2D eigenvalue weighted by atomic mass is 15.1. The molecule has 0 saturated heterocycles. The number of hydrogen-bond acceptors (Lipinski definition) is 2. The normalized spacial score (nSPS) is 18.4. The molecule has 0 atom stereocenters. The minimum Gasteiger partial charge on any atom is -0.311 e. The predicted molar refractivity (Wildman–Crippen MR) is 94.8 cm³/mol. The molecule has 1 rings (SSSR count). The molecule has 1 N–H and O–H groups in total. The van der Waals surface area contributed by atoms with Crippen LogP contribution < -0.4 is 5.32 Å². The number of nitrogens with one attached hydrogen (secondary N) is 1. The molecule has 0 aliphatic heterocycles. The second-order valence-electron chi connectivity index (χ2n) is 8.51. The lowest BCUT2D eigenvalue weighted by atomic mass is 9.80. The van der Waals surface area contributed by atoms with Crippen molar-refractivity contribution < 1.29 is 0 Å². The van der Waals surface area contributed by atoms with E-state index in [1.54, 1.807) is 0 Å². The monoisotopic (exact) mass is 296 g/mol. The first-order valence-electron chi connectivity index (χ1n) is 9.24. The molecule has 0 bridgehead atoms. The van der Waals surface area contributed by atoms with Gasteiger partial charge in [-0.25, -0.2) is 0 Å². The average molecular weight is 297 g/mol. The third-order valence-corrected chi connectivity index (χ3v) is 5.39. The molecule has 2 nitrogen and oxygen atoms in total. The summed E-state index contributed by atoms with van der Waals surface area (Å²) in [6.07, 6.45) is 9.81. The lowest BCUT2D eigenvalue weighted by Gasteiger charge is -2.39. The fourth-order valence-corrected chi connectivity index (χ4v) is 3.68. The Kier molecular flexibility index (Phi) is 7.70. The van der Waals surface area contributed by atoms with Crippen molar-refractivity contribution in [2.45, 2.75) is 85.1 Å². The van der Waals surface area contributed by atoms with Crippen LogP contribution in [0.2, 0.25) is 0 Å². The topological polar surface area (TPSA) is 15.3 Å². The molecule has 0 amide bonds. The highest BCUT2D eigenvalue weighted by Gasteiger charge is 2.30. The number of rotatable bonds is 8. The summed E-state index contributed by atoms with van der Waals surface area (Å²) in [5.41, 5.74) is 0.647. The van der Waals surface area contributed by atoms with Crippen molar-refractivity contribution >= 4 is 0 Å². The van der Waals surface area contributed by atoms with Crippen LogP contribution in [0.25, 0.3) is 0 Å². The van der Waals surface area contributed by atoms with E-state index in [4.69, 9.17) is 0 Å². The van der Waals surface area contributed by atoms with Crippen molar-refractivity contribution in [1.29, 1.82) is 0 Å². The van der Waals surface area contributed by atoms with Crippen LogP contribution in [-0.4, -0.2) is 37.1 Å². The van der Waals surface area contributed by atoms with Crippen molar-refractivity contribution in [3.05, 3.63) is 0 Å². The molecule has 21 heavy (non-hydrogen) atoms. The fourth-order valence-electron chi connectivity index (χ4n) is 3.68. The van der Waals surface area contributed by atoms with Crippen LogP contribution in [0, 0.1) is 11.3 Å². The second-order valence-corrected chi connectivity index (χ2v) is 8.51. The molecule has 1 aliphatic rings. The van der Waals surface area contributed by atoms with Crippen LogP contribution in [0.5, 0.6) is 0 Å². The Morgan fingerprint density at radius 3 is 2.05 bits per heavy atom. The van der Waals surface area contributed by atoms with Gasteiger partial charge in [0.1, 0.15) is 0 Å². The van der Waals surface area contributed by atoms with Gasteiger partial charge in [0.2, 0.25) is 0 Å². The maximum Gasteiger partial charge on any atom is 0.00967 e. The van der Waals surface area contributed by atoms with Gasteiger partial charge in [-0.2, -0.15) is 0 Å². The summed E-state index contributed by atoms with van der Waals surface area (Å²) in [5, 5.41) is 3.75. The molecular formula is C19H40N2. The SMILES string of the molecule is CCC(CC)(CNC(C)(C)C)CN(C)CC1CCCCC1. The van der Waals surface area contributed by atoms with Gasteiger partial charge in [0.25, 0.3) is 0 Å². The van der Waals surface area contributed by atoms with Crippen LogP contribution in [0.3, 0.4) is 0 Å². The van der Waals surface area contributed by atoms with Gasteiger partial charge in [-0.3, -0.25) is 0 Å². The minimum absolute atomic E-state index is 0.220. The Labute approximate surface area is 134 Å². The lowest BCUT2D eigenvalue weighted by Crippen LogP contribution is -2.48. The van der Waals surface area contributed by atoms with E-state index in [1.807, 2.05) is 0 Å². The van der Waals surface area contributed by atoms with Crippen LogP contribution in [0.1, 0.15) is 79.6 Å². The van der Waals surface area contributed by atoms with Crippen molar-refractivity contribution in [2.24, 2.45) is 11.3 Å². The second kappa shape index (κ2) is 8.53. The largest absolute Gasteiger partial charge is 0.311 e. The first-order valence-corrected chi connectivity index (χ1v) is 9.24. The summed E-state index contributed by atoms with van der Waals surface area (Å²) in [6.45, 7) is 15.2. The predicted octanol–water partition coefficient (Wildman–Crippen LogP) is 4.69. The fraction of sp³-hybridized carbons (Fsp3) is 1.00. The van der Waals surface area contributed by atoms with Gasteiger partial charge in [-0.1, -0.05) is 33.1 Å². The van der Waals surface area contributed by atoms with E-state index in [2.05, 4.69) is 51.9 Å². The van der Waals surface area contributed by atoms with Gasteiger partial charge >= 0.3 is 0 Å². The Morgan fingerprint density at radius 2 is 1.57 bits per heavy atom. The lowest BCUT2D eigenvalue weighted by molar-refractivity contribution is 0.125. The van der Waals surface area contributed by atoms with Crippen molar-refractivity contribution in [1.82, 2.24) is 10.2 Å². The molecule has 1 saturated carbocycles. The number of nitrogens with zero attached hydrogens (tertiary/aromatic N) is 1.